The standard InChI is InChI=1S/C24H24O8/c1-26-16-7-5-15(6-8-16)22-17(21(24(25)31-22)18-9-10-30-32-18)11-14-12-19(27-2)23(29-4)20(13-14)28-3/h5-10,12-13,18,22H,11H2,1-4H3. The minimum atomic E-state index is -0.650. The van der Waals surface area contributed by atoms with Gasteiger partial charge in [-0.25, -0.2) is 4.79 Å². The average Bonchev–Trinajstić information content (AvgIpc) is 3.46. The summed E-state index contributed by atoms with van der Waals surface area (Å²) in [6, 6.07) is 11.1. The van der Waals surface area contributed by atoms with Crippen molar-refractivity contribution in [2.24, 2.45) is 0 Å². The summed E-state index contributed by atoms with van der Waals surface area (Å²) in [5.41, 5.74) is 2.84. The van der Waals surface area contributed by atoms with Gasteiger partial charge in [-0.1, -0.05) is 12.1 Å². The van der Waals surface area contributed by atoms with Crippen LogP contribution in [0.15, 0.2) is 59.9 Å². The van der Waals surface area contributed by atoms with Crippen molar-refractivity contribution in [3.63, 3.8) is 0 Å². The van der Waals surface area contributed by atoms with Crippen LogP contribution in [-0.2, 0) is 25.7 Å². The van der Waals surface area contributed by atoms with Crippen molar-refractivity contribution in [2.75, 3.05) is 28.4 Å². The summed E-state index contributed by atoms with van der Waals surface area (Å²) in [5.74, 6) is 1.80. The SMILES string of the molecule is COc1ccc(C2OC(=O)C(C3C=COO3)=C2Cc2cc(OC)c(OC)c(OC)c2)cc1. The van der Waals surface area contributed by atoms with Crippen molar-refractivity contribution in [3.8, 4) is 23.0 Å². The van der Waals surface area contributed by atoms with Crippen LogP contribution in [0.2, 0.25) is 0 Å². The summed E-state index contributed by atoms with van der Waals surface area (Å²) in [4.78, 5) is 23.0. The van der Waals surface area contributed by atoms with Crippen molar-refractivity contribution in [2.45, 2.75) is 18.6 Å². The van der Waals surface area contributed by atoms with Gasteiger partial charge >= 0.3 is 5.97 Å². The van der Waals surface area contributed by atoms with Crippen LogP contribution < -0.4 is 18.9 Å². The Bertz CT molecular complexity index is 1030. The van der Waals surface area contributed by atoms with Gasteiger partial charge in [0, 0.05) is 0 Å². The zero-order chi connectivity index (χ0) is 22.7. The minimum absolute atomic E-state index is 0.391. The first-order valence-electron chi connectivity index (χ1n) is 9.95. The molecule has 0 fully saturated rings. The third kappa shape index (κ3) is 3.97. The van der Waals surface area contributed by atoms with Gasteiger partial charge in [-0.05, 0) is 53.5 Å². The van der Waals surface area contributed by atoms with Crippen LogP contribution in [0, 0.1) is 0 Å². The Morgan fingerprint density at radius 3 is 2.12 bits per heavy atom. The lowest BCUT2D eigenvalue weighted by atomic mass is 9.91. The van der Waals surface area contributed by atoms with E-state index in [2.05, 4.69) is 0 Å². The lowest BCUT2D eigenvalue weighted by Crippen LogP contribution is -2.15. The van der Waals surface area contributed by atoms with E-state index in [4.69, 9.17) is 33.5 Å². The molecule has 2 aliphatic heterocycles. The summed E-state index contributed by atoms with van der Waals surface area (Å²) in [6.07, 6.45) is 2.23. The molecule has 0 bridgehead atoms. The molecule has 0 aromatic heterocycles. The Kier molecular flexibility index (Phi) is 6.23. The average molecular weight is 440 g/mol. The van der Waals surface area contributed by atoms with Gasteiger partial charge in [-0.3, -0.25) is 0 Å². The highest BCUT2D eigenvalue weighted by atomic mass is 17.2. The molecule has 8 nitrogen and oxygen atoms in total. The summed E-state index contributed by atoms with van der Waals surface area (Å²) in [7, 11) is 6.27. The Morgan fingerprint density at radius 2 is 1.59 bits per heavy atom. The van der Waals surface area contributed by atoms with Crippen LogP contribution in [0.3, 0.4) is 0 Å². The van der Waals surface area contributed by atoms with Gasteiger partial charge in [0.25, 0.3) is 0 Å². The number of esters is 1. The first-order valence-corrected chi connectivity index (χ1v) is 9.95. The molecule has 4 rings (SSSR count). The Hall–Kier alpha value is -3.65. The lowest BCUT2D eigenvalue weighted by Gasteiger charge is -2.18. The number of hydrogen-bond donors (Lipinski definition) is 0. The van der Waals surface area contributed by atoms with E-state index in [1.807, 2.05) is 36.4 Å². The van der Waals surface area contributed by atoms with Gasteiger partial charge in [0.1, 0.15) is 18.1 Å². The van der Waals surface area contributed by atoms with Gasteiger partial charge in [0.15, 0.2) is 17.6 Å². The van der Waals surface area contributed by atoms with E-state index >= 15 is 0 Å². The minimum Gasteiger partial charge on any atom is -0.497 e. The smallest absolute Gasteiger partial charge is 0.338 e. The van der Waals surface area contributed by atoms with Gasteiger partial charge in [0.2, 0.25) is 5.75 Å². The van der Waals surface area contributed by atoms with Crippen LogP contribution >= 0.6 is 0 Å². The van der Waals surface area contributed by atoms with Gasteiger partial charge < -0.3 is 28.6 Å². The third-order valence-corrected chi connectivity index (χ3v) is 5.40. The van der Waals surface area contributed by atoms with E-state index in [9.17, 15) is 4.79 Å². The Morgan fingerprint density at radius 1 is 0.906 bits per heavy atom. The fraction of sp³-hybridized carbons (Fsp3) is 0.292. The highest BCUT2D eigenvalue weighted by Crippen LogP contribution is 2.43. The second-order valence-corrected chi connectivity index (χ2v) is 7.15. The Labute approximate surface area is 185 Å². The van der Waals surface area contributed by atoms with Gasteiger partial charge in [0.05, 0.1) is 34.0 Å². The van der Waals surface area contributed by atoms with Crippen molar-refractivity contribution >= 4 is 5.97 Å². The van der Waals surface area contributed by atoms with Crippen molar-refractivity contribution in [1.82, 2.24) is 0 Å². The number of ether oxygens (including phenoxy) is 5. The monoisotopic (exact) mass is 440 g/mol. The number of carbonyl (C=O) groups is 1. The predicted octanol–water partition coefficient (Wildman–Crippen LogP) is 3.70. The third-order valence-electron chi connectivity index (χ3n) is 5.40. The molecule has 8 heteroatoms. The van der Waals surface area contributed by atoms with Crippen LogP contribution in [-0.4, -0.2) is 40.5 Å². The summed E-state index contributed by atoms with van der Waals surface area (Å²) in [5, 5.41) is 0. The summed E-state index contributed by atoms with van der Waals surface area (Å²) < 4.78 is 27.4. The van der Waals surface area contributed by atoms with Crippen LogP contribution in [0.5, 0.6) is 23.0 Å². The maximum Gasteiger partial charge on any atom is 0.338 e. The lowest BCUT2D eigenvalue weighted by molar-refractivity contribution is -0.243. The van der Waals surface area contributed by atoms with Gasteiger partial charge in [-0.15, -0.1) is 0 Å². The number of cyclic esters (lactones) is 1. The van der Waals surface area contributed by atoms with Gasteiger partial charge in [-0.2, -0.15) is 4.89 Å². The molecule has 2 atom stereocenters. The summed E-state index contributed by atoms with van der Waals surface area (Å²) >= 11 is 0. The van der Waals surface area contributed by atoms with Crippen LogP contribution in [0.25, 0.3) is 0 Å². The fourth-order valence-corrected chi connectivity index (χ4v) is 3.88. The number of rotatable bonds is 8. The molecule has 2 heterocycles. The molecule has 32 heavy (non-hydrogen) atoms. The molecule has 0 amide bonds. The molecule has 0 saturated carbocycles. The van der Waals surface area contributed by atoms with Crippen molar-refractivity contribution in [1.29, 1.82) is 0 Å². The zero-order valence-electron chi connectivity index (χ0n) is 18.2. The second kappa shape index (κ2) is 9.23. The van der Waals surface area contributed by atoms with Crippen LogP contribution in [0.1, 0.15) is 17.2 Å². The second-order valence-electron chi connectivity index (χ2n) is 7.15. The van der Waals surface area contributed by atoms with E-state index < -0.39 is 18.2 Å². The molecule has 0 radical (unpaired) electrons. The van der Waals surface area contributed by atoms with Crippen molar-refractivity contribution in [3.05, 3.63) is 71.0 Å². The molecule has 0 saturated heterocycles. The molecule has 168 valence electrons. The molecular formula is C24H24O8. The topological polar surface area (TPSA) is 81.7 Å². The molecule has 2 aromatic carbocycles. The van der Waals surface area contributed by atoms with E-state index in [0.29, 0.717) is 35.0 Å². The maximum absolute atomic E-state index is 12.9. The van der Waals surface area contributed by atoms with Crippen LogP contribution in [0.4, 0.5) is 0 Å². The number of hydrogen-bond acceptors (Lipinski definition) is 8. The zero-order valence-corrected chi connectivity index (χ0v) is 18.2. The Balaban J connectivity index is 1.78. The fourth-order valence-electron chi connectivity index (χ4n) is 3.88. The highest BCUT2D eigenvalue weighted by Gasteiger charge is 2.40. The summed E-state index contributed by atoms with van der Waals surface area (Å²) in [6.45, 7) is 0. The number of benzene rings is 2. The first kappa shape index (κ1) is 21.6. The van der Waals surface area contributed by atoms with E-state index in [1.165, 1.54) is 6.26 Å². The number of methoxy groups -OCH3 is 4. The molecule has 2 unspecified atom stereocenters. The molecule has 0 aliphatic carbocycles. The maximum atomic E-state index is 12.9. The highest BCUT2D eigenvalue weighted by molar-refractivity contribution is 5.94. The van der Waals surface area contributed by atoms with E-state index in [-0.39, 0.29) is 0 Å². The first-order chi connectivity index (χ1) is 15.6. The predicted molar refractivity (Wildman–Crippen MR) is 114 cm³/mol. The van der Waals surface area contributed by atoms with E-state index in [0.717, 1.165) is 16.7 Å². The van der Waals surface area contributed by atoms with Crippen molar-refractivity contribution < 1.29 is 38.3 Å². The molecule has 0 N–H and O–H groups in total. The van der Waals surface area contributed by atoms with E-state index in [1.54, 1.807) is 34.5 Å². The molecule has 0 spiro atoms. The molecule has 2 aromatic rings. The quantitative estimate of drug-likeness (QED) is 0.454. The normalized spacial score (nSPS) is 19.6. The molecular weight excluding hydrogens is 416 g/mol. The molecule has 2 aliphatic rings. The number of carbonyl (C=O) groups excluding carboxylic acids is 1. The largest absolute Gasteiger partial charge is 0.497 e.